The zero-order valence-electron chi connectivity index (χ0n) is 10.5. The van der Waals surface area contributed by atoms with Gasteiger partial charge in [-0.1, -0.05) is 52.3 Å². The molecule has 3 rings (SSSR count). The Balaban J connectivity index is 2.27. The maximum Gasteiger partial charge on any atom is 0.205 e. The summed E-state index contributed by atoms with van der Waals surface area (Å²) in [7, 11) is 0. The highest BCUT2D eigenvalue weighted by molar-refractivity contribution is 9.10. The number of fused-ring (bicyclic) bond motifs is 1. The largest absolute Gasteiger partial charge is 0.440 e. The van der Waals surface area contributed by atoms with Crippen molar-refractivity contribution < 1.29 is 4.74 Å². The van der Waals surface area contributed by atoms with Crippen LogP contribution in [0.15, 0.2) is 64.5 Å². The summed E-state index contributed by atoms with van der Waals surface area (Å²) in [6.45, 7) is 0. The molecular formula is C16H11BrN2O. The highest BCUT2D eigenvalue weighted by atomic mass is 79.9. The van der Waals surface area contributed by atoms with Crippen LogP contribution in [0.5, 0.6) is 5.75 Å². The molecule has 0 radical (unpaired) electrons. The van der Waals surface area contributed by atoms with E-state index in [0.29, 0.717) is 11.3 Å². The van der Waals surface area contributed by atoms with E-state index in [1.54, 1.807) is 0 Å². The van der Waals surface area contributed by atoms with Gasteiger partial charge in [-0.25, -0.2) is 0 Å². The summed E-state index contributed by atoms with van der Waals surface area (Å²) in [4.78, 5) is 0. The summed E-state index contributed by atoms with van der Waals surface area (Å²) in [6, 6.07) is 17.7. The van der Waals surface area contributed by atoms with Gasteiger partial charge >= 0.3 is 0 Å². The summed E-state index contributed by atoms with van der Waals surface area (Å²) in [6.07, 6.45) is 0. The molecule has 0 amide bonds. The van der Waals surface area contributed by atoms with E-state index in [0.717, 1.165) is 15.6 Å². The lowest BCUT2D eigenvalue weighted by molar-refractivity contribution is 0.393. The van der Waals surface area contributed by atoms with E-state index >= 15 is 0 Å². The van der Waals surface area contributed by atoms with Gasteiger partial charge in [0.25, 0.3) is 0 Å². The molecule has 1 heterocycles. The SMILES string of the molecule is N#CC1=C(N)Oc2ccccc2[C@H]1c1ccccc1Br. The van der Waals surface area contributed by atoms with Crippen molar-refractivity contribution in [3.05, 3.63) is 75.6 Å². The fourth-order valence-electron chi connectivity index (χ4n) is 2.44. The van der Waals surface area contributed by atoms with E-state index < -0.39 is 0 Å². The summed E-state index contributed by atoms with van der Waals surface area (Å²) in [5.41, 5.74) is 8.29. The highest BCUT2D eigenvalue weighted by Gasteiger charge is 2.31. The van der Waals surface area contributed by atoms with Crippen molar-refractivity contribution in [3.8, 4) is 11.8 Å². The minimum absolute atomic E-state index is 0.173. The smallest absolute Gasteiger partial charge is 0.205 e. The Morgan fingerprint density at radius 1 is 1.05 bits per heavy atom. The van der Waals surface area contributed by atoms with Gasteiger partial charge in [0.05, 0.1) is 5.92 Å². The molecule has 0 fully saturated rings. The van der Waals surface area contributed by atoms with E-state index in [1.165, 1.54) is 0 Å². The van der Waals surface area contributed by atoms with Gasteiger partial charge in [0.15, 0.2) is 0 Å². The number of hydrogen-bond acceptors (Lipinski definition) is 3. The topological polar surface area (TPSA) is 59.0 Å². The minimum atomic E-state index is -0.208. The molecule has 0 spiro atoms. The maximum absolute atomic E-state index is 9.43. The van der Waals surface area contributed by atoms with Gasteiger partial charge in [0.1, 0.15) is 17.4 Å². The Morgan fingerprint density at radius 3 is 2.40 bits per heavy atom. The van der Waals surface area contributed by atoms with Crippen LogP contribution in [-0.2, 0) is 0 Å². The van der Waals surface area contributed by atoms with Gasteiger partial charge in [0.2, 0.25) is 5.88 Å². The molecule has 98 valence electrons. The molecule has 0 aromatic heterocycles. The Labute approximate surface area is 125 Å². The lowest BCUT2D eigenvalue weighted by Gasteiger charge is -2.26. The number of halogens is 1. The Hall–Kier alpha value is -2.25. The van der Waals surface area contributed by atoms with Gasteiger partial charge in [-0.3, -0.25) is 0 Å². The monoisotopic (exact) mass is 326 g/mol. The summed E-state index contributed by atoms with van der Waals surface area (Å²) in [5, 5.41) is 9.43. The molecule has 3 nitrogen and oxygen atoms in total. The minimum Gasteiger partial charge on any atom is -0.440 e. The summed E-state index contributed by atoms with van der Waals surface area (Å²) >= 11 is 3.55. The van der Waals surface area contributed by atoms with Crippen molar-refractivity contribution in [1.82, 2.24) is 0 Å². The third-order valence-corrected chi connectivity index (χ3v) is 4.06. The second-order valence-electron chi connectivity index (χ2n) is 4.48. The second kappa shape index (κ2) is 5.03. The Kier molecular flexibility index (Phi) is 3.21. The number of nitrogens with zero attached hydrogens (tertiary/aromatic N) is 1. The van der Waals surface area contributed by atoms with Crippen LogP contribution in [0, 0.1) is 11.3 Å². The van der Waals surface area contributed by atoms with Gasteiger partial charge < -0.3 is 10.5 Å². The molecule has 0 saturated heterocycles. The van der Waals surface area contributed by atoms with Crippen LogP contribution in [0.1, 0.15) is 17.0 Å². The predicted octanol–water partition coefficient (Wildman–Crippen LogP) is 3.67. The fraction of sp³-hybridized carbons (Fsp3) is 0.0625. The number of rotatable bonds is 1. The standard InChI is InChI=1S/C16H11BrN2O/c17-13-7-3-1-5-10(13)15-11-6-2-4-8-14(11)20-16(19)12(15)9-18/h1-8,15H,19H2/t15-/m1/s1. The third kappa shape index (κ3) is 1.97. The van der Waals surface area contributed by atoms with Gasteiger partial charge in [-0.2, -0.15) is 5.26 Å². The van der Waals surface area contributed by atoms with Crippen molar-refractivity contribution in [2.24, 2.45) is 5.73 Å². The Morgan fingerprint density at radius 2 is 1.70 bits per heavy atom. The Bertz CT molecular complexity index is 746. The normalized spacial score (nSPS) is 17.1. The fourth-order valence-corrected chi connectivity index (χ4v) is 2.95. The van der Waals surface area contributed by atoms with Crippen molar-refractivity contribution in [2.75, 3.05) is 0 Å². The molecule has 20 heavy (non-hydrogen) atoms. The molecule has 2 aromatic carbocycles. The number of hydrogen-bond donors (Lipinski definition) is 1. The average Bonchev–Trinajstić information content (AvgIpc) is 2.46. The first kappa shape index (κ1) is 12.8. The first-order chi connectivity index (χ1) is 9.72. The van der Waals surface area contributed by atoms with Gasteiger partial charge in [0, 0.05) is 10.0 Å². The van der Waals surface area contributed by atoms with E-state index in [1.807, 2.05) is 48.5 Å². The molecule has 1 aliphatic rings. The molecule has 1 aliphatic heterocycles. The molecule has 0 saturated carbocycles. The zero-order chi connectivity index (χ0) is 14.1. The number of para-hydroxylation sites is 1. The lowest BCUT2D eigenvalue weighted by Crippen LogP contribution is -2.21. The average molecular weight is 327 g/mol. The number of allylic oxidation sites excluding steroid dienone is 1. The van der Waals surface area contributed by atoms with Crippen LogP contribution < -0.4 is 10.5 Å². The molecule has 4 heteroatoms. The first-order valence-corrected chi connectivity index (χ1v) is 6.92. The number of benzene rings is 2. The van der Waals surface area contributed by atoms with Gasteiger partial charge in [-0.15, -0.1) is 0 Å². The molecule has 2 N–H and O–H groups in total. The van der Waals surface area contributed by atoms with Crippen molar-refractivity contribution in [3.63, 3.8) is 0 Å². The van der Waals surface area contributed by atoms with E-state index in [4.69, 9.17) is 10.5 Å². The van der Waals surface area contributed by atoms with Gasteiger partial charge in [-0.05, 0) is 17.7 Å². The van der Waals surface area contributed by atoms with Crippen molar-refractivity contribution >= 4 is 15.9 Å². The van der Waals surface area contributed by atoms with Crippen molar-refractivity contribution in [1.29, 1.82) is 5.26 Å². The van der Waals surface area contributed by atoms with E-state index in [9.17, 15) is 5.26 Å². The zero-order valence-corrected chi connectivity index (χ0v) is 12.1. The van der Waals surface area contributed by atoms with Crippen LogP contribution in [0.2, 0.25) is 0 Å². The molecule has 1 atom stereocenters. The summed E-state index contributed by atoms with van der Waals surface area (Å²) < 4.78 is 6.49. The van der Waals surface area contributed by atoms with Crippen molar-refractivity contribution in [2.45, 2.75) is 5.92 Å². The number of nitriles is 1. The van der Waals surface area contributed by atoms with Crippen LogP contribution in [0.25, 0.3) is 0 Å². The first-order valence-electron chi connectivity index (χ1n) is 6.13. The molecule has 2 aromatic rings. The van der Waals surface area contributed by atoms with E-state index in [-0.39, 0.29) is 11.8 Å². The summed E-state index contributed by atoms with van der Waals surface area (Å²) in [5.74, 6) is 0.664. The van der Waals surface area contributed by atoms with Crippen LogP contribution in [-0.4, -0.2) is 0 Å². The van der Waals surface area contributed by atoms with E-state index in [2.05, 4.69) is 22.0 Å². The highest BCUT2D eigenvalue weighted by Crippen LogP contribution is 2.43. The molecular weight excluding hydrogens is 316 g/mol. The van der Waals surface area contributed by atoms with Crippen LogP contribution in [0.4, 0.5) is 0 Å². The number of nitrogens with two attached hydrogens (primary N) is 1. The maximum atomic E-state index is 9.43. The van der Waals surface area contributed by atoms with Crippen LogP contribution >= 0.6 is 15.9 Å². The van der Waals surface area contributed by atoms with Crippen LogP contribution in [0.3, 0.4) is 0 Å². The molecule has 0 unspecified atom stereocenters. The molecule has 0 aliphatic carbocycles. The third-order valence-electron chi connectivity index (χ3n) is 3.34. The number of ether oxygens (including phenoxy) is 1. The molecule has 0 bridgehead atoms. The lowest BCUT2D eigenvalue weighted by atomic mass is 9.84. The quantitative estimate of drug-likeness (QED) is 0.869. The predicted molar refractivity (Wildman–Crippen MR) is 79.9 cm³/mol. The second-order valence-corrected chi connectivity index (χ2v) is 5.34.